The van der Waals surface area contributed by atoms with E-state index in [1.165, 1.54) is 12.1 Å². The van der Waals surface area contributed by atoms with Gasteiger partial charge >= 0.3 is 13.5 Å². The second kappa shape index (κ2) is 6.24. The van der Waals surface area contributed by atoms with Crippen molar-refractivity contribution in [2.75, 3.05) is 0 Å². The lowest BCUT2D eigenvalue weighted by Gasteiger charge is -2.11. The van der Waals surface area contributed by atoms with Crippen molar-refractivity contribution >= 4 is 7.32 Å². The smallest absolute Gasteiger partial charge is 0.512 e. The number of nitrogens with zero attached hydrogens (tertiary/aromatic N) is 1. The normalized spacial score (nSPS) is 11.2. The van der Waals surface area contributed by atoms with E-state index in [1.807, 2.05) is 0 Å². The van der Waals surface area contributed by atoms with E-state index in [2.05, 4.69) is 4.98 Å². The summed E-state index contributed by atoms with van der Waals surface area (Å²) in [5.74, 6) is 0.342. The summed E-state index contributed by atoms with van der Waals surface area (Å²) in [6, 6.07) is 6.42. The Hall–Kier alpha value is -2.26. The fourth-order valence-electron chi connectivity index (χ4n) is 1.69. The highest BCUT2D eigenvalue weighted by Gasteiger charge is 2.30. The molecule has 0 amide bonds. The number of ether oxygens (including phenoxy) is 1. The Labute approximate surface area is 124 Å². The summed E-state index contributed by atoms with van der Waals surface area (Å²) in [7, 11) is -1.99. The maximum atomic E-state index is 12.4. The maximum absolute atomic E-state index is 12.4. The van der Waals surface area contributed by atoms with Gasteiger partial charge in [-0.3, -0.25) is 0 Å². The Morgan fingerprint density at radius 1 is 1.09 bits per heavy atom. The molecule has 0 aliphatic rings. The highest BCUT2D eigenvalue weighted by Crippen LogP contribution is 2.31. The van der Waals surface area contributed by atoms with Crippen LogP contribution in [-0.4, -0.2) is 22.4 Å². The van der Waals surface area contributed by atoms with Crippen LogP contribution in [0.25, 0.3) is 0 Å². The van der Waals surface area contributed by atoms with Crippen LogP contribution in [0.2, 0.25) is 0 Å². The van der Waals surface area contributed by atoms with Gasteiger partial charge in [-0.15, -0.1) is 0 Å². The number of pyridine rings is 1. The van der Waals surface area contributed by atoms with Crippen molar-refractivity contribution in [3.63, 3.8) is 0 Å². The van der Waals surface area contributed by atoms with E-state index in [1.54, 1.807) is 13.0 Å². The van der Waals surface area contributed by atoms with Gasteiger partial charge in [0, 0.05) is 18.3 Å². The van der Waals surface area contributed by atoms with Gasteiger partial charge in [-0.25, -0.2) is 4.98 Å². The zero-order valence-electron chi connectivity index (χ0n) is 11.3. The Morgan fingerprint density at radius 2 is 1.77 bits per heavy atom. The molecule has 1 aromatic heterocycles. The van der Waals surface area contributed by atoms with Crippen LogP contribution in [-0.2, 0) is 6.18 Å². The first-order valence-corrected chi connectivity index (χ1v) is 6.09. The molecule has 0 saturated carbocycles. The molecule has 2 rings (SSSR count). The number of aryl methyl sites for hydroxylation is 1. The van der Waals surface area contributed by atoms with E-state index in [0.717, 1.165) is 12.1 Å². The molecule has 22 heavy (non-hydrogen) atoms. The van der Waals surface area contributed by atoms with Crippen LogP contribution in [0, 0.1) is 6.92 Å². The molecule has 0 radical (unpaired) electrons. The van der Waals surface area contributed by atoms with Crippen molar-refractivity contribution in [2.45, 2.75) is 13.1 Å². The van der Waals surface area contributed by atoms with Gasteiger partial charge in [-0.05, 0) is 30.7 Å². The van der Waals surface area contributed by atoms with Crippen LogP contribution in [0.5, 0.6) is 17.4 Å². The van der Waals surface area contributed by atoms with E-state index in [-0.39, 0.29) is 17.4 Å². The van der Waals surface area contributed by atoms with Crippen molar-refractivity contribution in [3.05, 3.63) is 47.7 Å². The zero-order valence-corrected chi connectivity index (χ0v) is 11.3. The summed E-state index contributed by atoms with van der Waals surface area (Å²) in [6.45, 7) is 1.71. The van der Waals surface area contributed by atoms with Crippen LogP contribution in [0.4, 0.5) is 13.2 Å². The highest BCUT2D eigenvalue weighted by molar-refractivity contribution is 6.33. The van der Waals surface area contributed by atoms with Gasteiger partial charge in [0.05, 0.1) is 5.56 Å². The van der Waals surface area contributed by atoms with Crippen molar-refractivity contribution in [1.29, 1.82) is 0 Å². The van der Waals surface area contributed by atoms with Crippen LogP contribution < -0.4 is 9.39 Å². The van der Waals surface area contributed by atoms with E-state index in [9.17, 15) is 13.2 Å². The number of rotatable bonds is 4. The molecule has 0 bridgehead atoms. The Morgan fingerprint density at radius 3 is 2.32 bits per heavy atom. The zero-order chi connectivity index (χ0) is 16.3. The number of halogens is 3. The van der Waals surface area contributed by atoms with Crippen LogP contribution in [0.3, 0.4) is 0 Å². The standard InChI is InChI=1S/C13H11BF3NO4/c1-8-4-10(6-11(5-8)22-14(19)20)21-12-3-2-9(7-18-12)13(15,16)17/h2-7,19-20H,1H3. The second-order valence-corrected chi connectivity index (χ2v) is 4.41. The van der Waals surface area contributed by atoms with Gasteiger partial charge in [0.1, 0.15) is 11.5 Å². The molecule has 0 atom stereocenters. The first-order valence-electron chi connectivity index (χ1n) is 6.09. The van der Waals surface area contributed by atoms with Gasteiger partial charge in [0.2, 0.25) is 5.88 Å². The predicted molar refractivity (Wildman–Crippen MR) is 71.3 cm³/mol. The number of benzene rings is 1. The average molecular weight is 313 g/mol. The van der Waals surface area contributed by atoms with Gasteiger partial charge in [0.25, 0.3) is 0 Å². The summed E-state index contributed by atoms with van der Waals surface area (Å²) in [4.78, 5) is 3.58. The minimum atomic E-state index is -4.47. The van der Waals surface area contributed by atoms with Crippen LogP contribution in [0.15, 0.2) is 36.5 Å². The first kappa shape index (κ1) is 16.1. The summed E-state index contributed by atoms with van der Waals surface area (Å²) in [5.41, 5.74) is -0.184. The molecule has 2 aromatic rings. The van der Waals surface area contributed by atoms with Gasteiger partial charge < -0.3 is 19.4 Å². The van der Waals surface area contributed by atoms with Crippen molar-refractivity contribution in [2.24, 2.45) is 0 Å². The number of hydrogen-bond acceptors (Lipinski definition) is 5. The lowest BCUT2D eigenvalue weighted by Crippen LogP contribution is -2.20. The summed E-state index contributed by atoms with van der Waals surface area (Å²) in [6.07, 6.45) is -3.80. The summed E-state index contributed by atoms with van der Waals surface area (Å²) in [5, 5.41) is 17.5. The third kappa shape index (κ3) is 4.37. The third-order valence-corrected chi connectivity index (χ3v) is 2.55. The number of aromatic nitrogens is 1. The van der Waals surface area contributed by atoms with E-state index in [0.29, 0.717) is 11.8 Å². The van der Waals surface area contributed by atoms with E-state index in [4.69, 9.17) is 19.4 Å². The fourth-order valence-corrected chi connectivity index (χ4v) is 1.69. The molecule has 1 heterocycles. The lowest BCUT2D eigenvalue weighted by molar-refractivity contribution is -0.137. The molecule has 1 aromatic carbocycles. The maximum Gasteiger partial charge on any atom is 0.707 e. The van der Waals surface area contributed by atoms with Crippen molar-refractivity contribution < 1.29 is 32.6 Å². The Kier molecular flexibility index (Phi) is 4.58. The molecule has 2 N–H and O–H groups in total. The molecule has 0 fully saturated rings. The minimum absolute atomic E-state index is 0.0332. The topological polar surface area (TPSA) is 71.8 Å². The van der Waals surface area contributed by atoms with Crippen molar-refractivity contribution in [1.82, 2.24) is 4.98 Å². The fraction of sp³-hybridized carbons (Fsp3) is 0.154. The lowest BCUT2D eigenvalue weighted by atomic mass is 10.2. The molecule has 0 aliphatic heterocycles. The number of alkyl halides is 3. The van der Waals surface area contributed by atoms with E-state index < -0.39 is 19.1 Å². The SMILES string of the molecule is Cc1cc(OB(O)O)cc(Oc2ccc(C(F)(F)F)cn2)c1. The Bertz CT molecular complexity index is 647. The van der Waals surface area contributed by atoms with Crippen molar-refractivity contribution in [3.8, 4) is 17.4 Å². The second-order valence-electron chi connectivity index (χ2n) is 4.41. The molecular formula is C13H11BF3NO4. The van der Waals surface area contributed by atoms with E-state index >= 15 is 0 Å². The van der Waals surface area contributed by atoms with Crippen LogP contribution >= 0.6 is 0 Å². The molecule has 5 nitrogen and oxygen atoms in total. The molecule has 0 unspecified atom stereocenters. The summed E-state index contributed by atoms with van der Waals surface area (Å²) >= 11 is 0. The average Bonchev–Trinajstić information content (AvgIpc) is 2.36. The third-order valence-electron chi connectivity index (χ3n) is 2.55. The minimum Gasteiger partial charge on any atom is -0.512 e. The predicted octanol–water partition coefficient (Wildman–Crippen LogP) is 2.55. The molecular weight excluding hydrogens is 302 g/mol. The van der Waals surface area contributed by atoms with Crippen LogP contribution in [0.1, 0.15) is 11.1 Å². The summed E-state index contributed by atoms with van der Waals surface area (Å²) < 4.78 is 47.3. The molecule has 0 saturated heterocycles. The quantitative estimate of drug-likeness (QED) is 0.849. The monoisotopic (exact) mass is 313 g/mol. The molecule has 116 valence electrons. The van der Waals surface area contributed by atoms with Gasteiger partial charge in [-0.2, -0.15) is 13.2 Å². The van der Waals surface area contributed by atoms with Gasteiger partial charge in [-0.1, -0.05) is 0 Å². The largest absolute Gasteiger partial charge is 0.707 e. The number of hydrogen-bond donors (Lipinski definition) is 2. The molecule has 0 spiro atoms. The Balaban J connectivity index is 2.18. The highest BCUT2D eigenvalue weighted by atomic mass is 19.4. The first-order chi connectivity index (χ1) is 10.2. The molecule has 0 aliphatic carbocycles. The van der Waals surface area contributed by atoms with Gasteiger partial charge in [0.15, 0.2) is 0 Å². The molecule has 9 heteroatoms.